The van der Waals surface area contributed by atoms with Crippen LogP contribution in [0.3, 0.4) is 0 Å². The molecule has 1 aliphatic carbocycles. The fraction of sp³-hybridized carbons (Fsp3) is 0.700. The lowest BCUT2D eigenvalue weighted by Crippen LogP contribution is -2.48. The van der Waals surface area contributed by atoms with Gasteiger partial charge in [-0.1, -0.05) is 25.3 Å². The van der Waals surface area contributed by atoms with Gasteiger partial charge in [0.2, 0.25) is 0 Å². The second-order valence-corrected chi connectivity index (χ2v) is 7.63. The summed E-state index contributed by atoms with van der Waals surface area (Å²) < 4.78 is 5.67. The fourth-order valence-corrected chi connectivity index (χ4v) is 3.94. The van der Waals surface area contributed by atoms with Crippen LogP contribution in [0.4, 0.5) is 4.79 Å². The SMILES string of the molecule is CN1CCOC[C@H](CNC(=O)N(Cc2ccccn2)C2CCCCC2)C1. The van der Waals surface area contributed by atoms with E-state index < -0.39 is 0 Å². The highest BCUT2D eigenvalue weighted by molar-refractivity contribution is 5.74. The van der Waals surface area contributed by atoms with Gasteiger partial charge in [-0.3, -0.25) is 4.98 Å². The number of nitrogens with one attached hydrogen (secondary N) is 1. The van der Waals surface area contributed by atoms with Crippen LogP contribution in [0.25, 0.3) is 0 Å². The lowest BCUT2D eigenvalue weighted by atomic mass is 9.94. The summed E-state index contributed by atoms with van der Waals surface area (Å²) in [6.07, 6.45) is 7.67. The van der Waals surface area contributed by atoms with Gasteiger partial charge in [-0.05, 0) is 32.0 Å². The number of aromatic nitrogens is 1. The minimum Gasteiger partial charge on any atom is -0.380 e. The van der Waals surface area contributed by atoms with Crippen molar-refractivity contribution in [2.75, 3.05) is 39.9 Å². The van der Waals surface area contributed by atoms with E-state index in [1.165, 1.54) is 19.3 Å². The van der Waals surface area contributed by atoms with Crippen molar-refractivity contribution in [2.24, 2.45) is 5.92 Å². The normalized spacial score (nSPS) is 22.6. The van der Waals surface area contributed by atoms with Crippen molar-refractivity contribution in [3.63, 3.8) is 0 Å². The maximum atomic E-state index is 13.0. The molecule has 1 saturated carbocycles. The molecule has 3 rings (SSSR count). The Labute approximate surface area is 156 Å². The van der Waals surface area contributed by atoms with Crippen LogP contribution in [0, 0.1) is 5.92 Å². The smallest absolute Gasteiger partial charge is 0.318 e. The lowest BCUT2D eigenvalue weighted by Gasteiger charge is -2.34. The molecule has 1 atom stereocenters. The predicted octanol–water partition coefficient (Wildman–Crippen LogP) is 2.50. The van der Waals surface area contributed by atoms with Gasteiger partial charge >= 0.3 is 6.03 Å². The average Bonchev–Trinajstić information content (AvgIpc) is 2.89. The van der Waals surface area contributed by atoms with E-state index in [-0.39, 0.29) is 6.03 Å². The number of urea groups is 1. The van der Waals surface area contributed by atoms with E-state index in [2.05, 4.69) is 22.2 Å². The zero-order chi connectivity index (χ0) is 18.2. The van der Waals surface area contributed by atoms with Gasteiger partial charge in [-0.15, -0.1) is 0 Å². The van der Waals surface area contributed by atoms with E-state index in [9.17, 15) is 4.79 Å². The summed E-state index contributed by atoms with van der Waals surface area (Å²) in [4.78, 5) is 21.7. The summed E-state index contributed by atoms with van der Waals surface area (Å²) >= 11 is 0. The van der Waals surface area contributed by atoms with Gasteiger partial charge in [-0.2, -0.15) is 0 Å². The molecule has 0 aromatic carbocycles. The number of pyridine rings is 1. The quantitative estimate of drug-likeness (QED) is 0.877. The van der Waals surface area contributed by atoms with Crippen molar-refractivity contribution in [3.05, 3.63) is 30.1 Å². The first-order valence-electron chi connectivity index (χ1n) is 9.93. The summed E-state index contributed by atoms with van der Waals surface area (Å²) in [5, 5.41) is 3.17. The highest BCUT2D eigenvalue weighted by atomic mass is 16.5. The fourth-order valence-electron chi connectivity index (χ4n) is 3.94. The molecule has 2 fully saturated rings. The zero-order valence-electron chi connectivity index (χ0n) is 15.9. The van der Waals surface area contributed by atoms with Crippen LogP contribution in [-0.4, -0.2) is 66.8 Å². The Morgan fingerprint density at radius 1 is 1.35 bits per heavy atom. The van der Waals surface area contributed by atoms with Gasteiger partial charge in [-0.25, -0.2) is 4.79 Å². The first-order chi connectivity index (χ1) is 12.7. The Bertz CT molecular complexity index is 548. The third kappa shape index (κ3) is 5.68. The number of nitrogens with zero attached hydrogens (tertiary/aromatic N) is 3. The van der Waals surface area contributed by atoms with Crippen LogP contribution in [0.1, 0.15) is 37.8 Å². The Hall–Kier alpha value is -1.66. The summed E-state index contributed by atoms with van der Waals surface area (Å²) in [6, 6.07) is 6.25. The van der Waals surface area contributed by atoms with Crippen LogP contribution < -0.4 is 5.32 Å². The summed E-state index contributed by atoms with van der Waals surface area (Å²) in [5.74, 6) is 0.342. The second-order valence-electron chi connectivity index (χ2n) is 7.63. The summed E-state index contributed by atoms with van der Waals surface area (Å²) in [5.41, 5.74) is 0.950. The molecule has 1 aromatic rings. The number of carbonyl (C=O) groups is 1. The van der Waals surface area contributed by atoms with Crippen molar-refractivity contribution in [1.82, 2.24) is 20.1 Å². The molecular weight excluding hydrogens is 328 g/mol. The molecule has 0 spiro atoms. The van der Waals surface area contributed by atoms with E-state index >= 15 is 0 Å². The third-order valence-electron chi connectivity index (χ3n) is 5.42. The minimum atomic E-state index is 0.0365. The van der Waals surface area contributed by atoms with Gasteiger partial charge in [0.05, 0.1) is 25.5 Å². The lowest BCUT2D eigenvalue weighted by molar-refractivity contribution is 0.118. The first kappa shape index (κ1) is 19.1. The van der Waals surface area contributed by atoms with Crippen molar-refractivity contribution >= 4 is 6.03 Å². The Kier molecular flexibility index (Phi) is 7.26. The van der Waals surface area contributed by atoms with Gasteiger partial charge in [0.1, 0.15) is 0 Å². The van der Waals surface area contributed by atoms with E-state index in [1.807, 2.05) is 23.1 Å². The highest BCUT2D eigenvalue weighted by Crippen LogP contribution is 2.24. The summed E-state index contributed by atoms with van der Waals surface area (Å²) in [6.45, 7) is 4.65. The van der Waals surface area contributed by atoms with Crippen molar-refractivity contribution < 1.29 is 9.53 Å². The minimum absolute atomic E-state index is 0.0365. The molecule has 0 bridgehead atoms. The van der Waals surface area contributed by atoms with Crippen molar-refractivity contribution in [3.8, 4) is 0 Å². The van der Waals surface area contributed by atoms with Crippen LogP contribution in [0.15, 0.2) is 24.4 Å². The van der Waals surface area contributed by atoms with Crippen LogP contribution >= 0.6 is 0 Å². The Morgan fingerprint density at radius 3 is 2.96 bits per heavy atom. The number of carbonyl (C=O) groups excluding carboxylic acids is 1. The molecule has 1 saturated heterocycles. The van der Waals surface area contributed by atoms with Crippen LogP contribution in [-0.2, 0) is 11.3 Å². The van der Waals surface area contributed by atoms with E-state index in [1.54, 1.807) is 6.20 Å². The van der Waals surface area contributed by atoms with Gasteiger partial charge < -0.3 is 19.9 Å². The highest BCUT2D eigenvalue weighted by Gasteiger charge is 2.26. The average molecular weight is 361 g/mol. The van der Waals surface area contributed by atoms with Gasteiger partial charge in [0.15, 0.2) is 0 Å². The molecular formula is C20H32N4O2. The largest absolute Gasteiger partial charge is 0.380 e. The molecule has 0 unspecified atom stereocenters. The first-order valence-corrected chi connectivity index (χ1v) is 9.93. The maximum absolute atomic E-state index is 13.0. The predicted molar refractivity (Wildman–Crippen MR) is 102 cm³/mol. The third-order valence-corrected chi connectivity index (χ3v) is 5.42. The number of amides is 2. The van der Waals surface area contributed by atoms with Crippen molar-refractivity contribution in [1.29, 1.82) is 0 Å². The van der Waals surface area contributed by atoms with Crippen LogP contribution in [0.5, 0.6) is 0 Å². The molecule has 1 N–H and O–H groups in total. The van der Waals surface area contributed by atoms with E-state index in [0.717, 1.165) is 38.2 Å². The number of hydrogen-bond acceptors (Lipinski definition) is 4. The Morgan fingerprint density at radius 2 is 2.19 bits per heavy atom. The van der Waals surface area contributed by atoms with E-state index in [0.29, 0.717) is 31.7 Å². The summed E-state index contributed by atoms with van der Waals surface area (Å²) in [7, 11) is 2.11. The molecule has 6 heteroatoms. The maximum Gasteiger partial charge on any atom is 0.318 e. The number of ether oxygens (including phenoxy) is 1. The molecule has 0 radical (unpaired) electrons. The monoisotopic (exact) mass is 360 g/mol. The molecule has 2 heterocycles. The Balaban J connectivity index is 1.60. The molecule has 26 heavy (non-hydrogen) atoms. The topological polar surface area (TPSA) is 57.7 Å². The molecule has 2 aliphatic rings. The number of likely N-dealkylation sites (N-methyl/N-ethyl adjacent to an activating group) is 1. The van der Waals surface area contributed by atoms with Gasteiger partial charge in [0, 0.05) is 37.8 Å². The van der Waals surface area contributed by atoms with E-state index in [4.69, 9.17) is 4.74 Å². The molecule has 144 valence electrons. The number of rotatable bonds is 5. The standard InChI is InChI=1S/C20H32N4O2/c1-23-11-12-26-16-17(14-23)13-22-20(25)24(19-8-3-2-4-9-19)15-18-7-5-6-10-21-18/h5-7,10,17,19H,2-4,8-9,11-16H2,1H3,(H,22,25)/t17-/m1/s1. The van der Waals surface area contributed by atoms with Crippen molar-refractivity contribution in [2.45, 2.75) is 44.7 Å². The molecule has 1 aromatic heterocycles. The van der Waals surface area contributed by atoms with Gasteiger partial charge in [0.25, 0.3) is 0 Å². The molecule has 2 amide bonds. The second kappa shape index (κ2) is 9.88. The van der Waals surface area contributed by atoms with Crippen LogP contribution in [0.2, 0.25) is 0 Å². The zero-order valence-corrected chi connectivity index (χ0v) is 15.9. The molecule has 6 nitrogen and oxygen atoms in total. The molecule has 1 aliphatic heterocycles. The number of hydrogen-bond donors (Lipinski definition) is 1.